The molecule has 0 fully saturated rings. The number of fused-ring (bicyclic) bond motifs is 1. The van der Waals surface area contributed by atoms with Gasteiger partial charge in [-0.05, 0) is 30.2 Å². The minimum absolute atomic E-state index is 0.197. The van der Waals surface area contributed by atoms with Crippen molar-refractivity contribution in [1.82, 2.24) is 4.72 Å². The van der Waals surface area contributed by atoms with Crippen LogP contribution in [-0.4, -0.2) is 14.7 Å². The summed E-state index contributed by atoms with van der Waals surface area (Å²) in [4.78, 5) is 11.2. The summed E-state index contributed by atoms with van der Waals surface area (Å²) in [5.41, 5.74) is 2.86. The molecule has 0 heterocycles. The fourth-order valence-corrected chi connectivity index (χ4v) is 4.21. The summed E-state index contributed by atoms with van der Waals surface area (Å²) in [7, 11) is -3.67. The van der Waals surface area contributed by atoms with E-state index in [-0.39, 0.29) is 17.2 Å². The van der Waals surface area contributed by atoms with Crippen molar-refractivity contribution < 1.29 is 13.2 Å². The first kappa shape index (κ1) is 16.6. The molecule has 0 amide bonds. The zero-order valence-corrected chi connectivity index (χ0v) is 14.2. The van der Waals surface area contributed by atoms with Gasteiger partial charge in [0.25, 0.3) is 0 Å². The van der Waals surface area contributed by atoms with Crippen LogP contribution in [0.15, 0.2) is 59.5 Å². The Labute approximate surface area is 142 Å². The molecule has 2 aromatic rings. The first-order valence-corrected chi connectivity index (χ1v) is 9.29. The zero-order chi connectivity index (χ0) is 17.2. The van der Waals surface area contributed by atoms with E-state index in [1.165, 1.54) is 0 Å². The van der Waals surface area contributed by atoms with E-state index in [1.54, 1.807) is 24.3 Å². The van der Waals surface area contributed by atoms with Gasteiger partial charge in [0.1, 0.15) is 6.29 Å². The van der Waals surface area contributed by atoms with Crippen molar-refractivity contribution in [3.63, 3.8) is 0 Å². The van der Waals surface area contributed by atoms with Crippen molar-refractivity contribution in [2.24, 2.45) is 5.92 Å². The largest absolute Gasteiger partial charge is 0.303 e. The molecule has 0 aliphatic heterocycles. The van der Waals surface area contributed by atoms with Crippen LogP contribution in [0.2, 0.25) is 0 Å². The molecule has 0 radical (unpaired) electrons. The molecule has 124 valence electrons. The van der Waals surface area contributed by atoms with Gasteiger partial charge in [-0.15, -0.1) is 0 Å². The number of aryl methyl sites for hydroxylation is 1. The fourth-order valence-electron chi connectivity index (χ4n) is 2.94. The molecule has 24 heavy (non-hydrogen) atoms. The lowest BCUT2D eigenvalue weighted by molar-refractivity contribution is -0.108. The van der Waals surface area contributed by atoms with Crippen molar-refractivity contribution >= 4 is 22.4 Å². The number of rotatable bonds is 5. The predicted octanol–water partition coefficient (Wildman–Crippen LogP) is 3.25. The molecule has 0 saturated heterocycles. The van der Waals surface area contributed by atoms with Crippen molar-refractivity contribution in [3.05, 3.63) is 71.3 Å². The van der Waals surface area contributed by atoms with Gasteiger partial charge in [0.05, 0.1) is 10.9 Å². The smallest absolute Gasteiger partial charge is 0.241 e. The minimum atomic E-state index is -3.67. The van der Waals surface area contributed by atoms with Crippen LogP contribution in [0.5, 0.6) is 0 Å². The van der Waals surface area contributed by atoms with E-state index in [2.05, 4.69) is 4.72 Å². The van der Waals surface area contributed by atoms with E-state index in [9.17, 15) is 13.2 Å². The molecule has 4 nitrogen and oxygen atoms in total. The van der Waals surface area contributed by atoms with Crippen molar-refractivity contribution in [3.8, 4) is 0 Å². The summed E-state index contributed by atoms with van der Waals surface area (Å²) >= 11 is 0. The highest BCUT2D eigenvalue weighted by Gasteiger charge is 2.30. The maximum atomic E-state index is 12.7. The summed E-state index contributed by atoms with van der Waals surface area (Å²) in [6.07, 6.45) is 4.95. The van der Waals surface area contributed by atoms with Crippen LogP contribution in [0.4, 0.5) is 0 Å². The molecule has 2 aromatic carbocycles. The van der Waals surface area contributed by atoms with Gasteiger partial charge >= 0.3 is 0 Å². The Morgan fingerprint density at radius 2 is 1.79 bits per heavy atom. The maximum absolute atomic E-state index is 12.7. The highest BCUT2D eigenvalue weighted by Crippen LogP contribution is 2.34. The summed E-state index contributed by atoms with van der Waals surface area (Å²) in [5, 5.41) is 0. The van der Waals surface area contributed by atoms with Gasteiger partial charge < -0.3 is 4.79 Å². The minimum Gasteiger partial charge on any atom is -0.303 e. The summed E-state index contributed by atoms with van der Waals surface area (Å²) < 4.78 is 28.3. The molecule has 0 spiro atoms. The third kappa shape index (κ3) is 3.32. The second-order valence-electron chi connectivity index (χ2n) is 5.97. The molecule has 2 atom stereocenters. The van der Waals surface area contributed by atoms with Crippen LogP contribution in [0.25, 0.3) is 6.08 Å². The molecule has 0 unspecified atom stereocenters. The van der Waals surface area contributed by atoms with Gasteiger partial charge in [-0.2, -0.15) is 0 Å². The number of benzene rings is 2. The maximum Gasteiger partial charge on any atom is 0.241 e. The third-order valence-electron chi connectivity index (χ3n) is 4.26. The fraction of sp³-hybridized carbons (Fsp3) is 0.211. The number of carbonyl (C=O) groups excluding carboxylic acids is 1. The third-order valence-corrected chi connectivity index (χ3v) is 5.72. The number of hydrogen-bond acceptors (Lipinski definition) is 3. The van der Waals surface area contributed by atoms with Crippen LogP contribution < -0.4 is 4.72 Å². The van der Waals surface area contributed by atoms with Crippen molar-refractivity contribution in [2.75, 3.05) is 0 Å². The zero-order valence-electron chi connectivity index (χ0n) is 13.3. The summed E-state index contributed by atoms with van der Waals surface area (Å²) in [6.45, 7) is 1.91. The summed E-state index contributed by atoms with van der Waals surface area (Å²) in [6, 6.07) is 13.9. The molecule has 1 aliphatic carbocycles. The Bertz CT molecular complexity index is 870. The lowest BCUT2D eigenvalue weighted by Crippen LogP contribution is -2.34. The highest BCUT2D eigenvalue weighted by molar-refractivity contribution is 7.89. The Morgan fingerprint density at radius 1 is 1.08 bits per heavy atom. The molecular weight excluding hydrogens is 322 g/mol. The molecule has 0 aromatic heterocycles. The van der Waals surface area contributed by atoms with Crippen LogP contribution in [0.3, 0.4) is 0 Å². The molecule has 3 rings (SSSR count). The van der Waals surface area contributed by atoms with E-state index >= 15 is 0 Å². The van der Waals surface area contributed by atoms with Gasteiger partial charge in [-0.25, -0.2) is 13.1 Å². The molecule has 0 bridgehead atoms. The molecular formula is C19H19NO3S. The van der Waals surface area contributed by atoms with Gasteiger partial charge in [-0.1, -0.05) is 54.1 Å². The van der Waals surface area contributed by atoms with Crippen molar-refractivity contribution in [2.45, 2.75) is 24.3 Å². The monoisotopic (exact) mass is 341 g/mol. The average Bonchev–Trinajstić information content (AvgIpc) is 2.57. The molecule has 0 saturated carbocycles. The van der Waals surface area contributed by atoms with E-state index in [0.29, 0.717) is 0 Å². The van der Waals surface area contributed by atoms with Gasteiger partial charge in [-0.3, -0.25) is 0 Å². The van der Waals surface area contributed by atoms with E-state index < -0.39 is 16.1 Å². The standard InChI is InChI=1S/C19H19NO3S/c1-14-6-10-17(11-7-14)24(22,23)20-19-16(12-13-21)9-8-15-4-2-3-5-18(15)19/h2-11,13,16,19-20H,12H2,1H3/t16-,19-/m0/s1. The van der Waals surface area contributed by atoms with E-state index in [4.69, 9.17) is 0 Å². The van der Waals surface area contributed by atoms with Crippen LogP contribution in [0, 0.1) is 12.8 Å². The first-order valence-electron chi connectivity index (χ1n) is 7.81. The average molecular weight is 341 g/mol. The lowest BCUT2D eigenvalue weighted by atomic mass is 9.84. The quantitative estimate of drug-likeness (QED) is 0.849. The van der Waals surface area contributed by atoms with Crippen molar-refractivity contribution in [1.29, 1.82) is 0 Å². The van der Waals surface area contributed by atoms with Gasteiger partial charge in [0.2, 0.25) is 10.0 Å². The Balaban J connectivity index is 1.97. The second-order valence-corrected chi connectivity index (χ2v) is 7.68. The summed E-state index contributed by atoms with van der Waals surface area (Å²) in [5.74, 6) is -0.197. The number of hydrogen-bond donors (Lipinski definition) is 1. The topological polar surface area (TPSA) is 63.2 Å². The highest BCUT2D eigenvalue weighted by atomic mass is 32.2. The van der Waals surface area contributed by atoms with Crippen LogP contribution in [0.1, 0.15) is 29.2 Å². The number of nitrogens with one attached hydrogen (secondary N) is 1. The molecule has 5 heteroatoms. The van der Waals surface area contributed by atoms with Crippen LogP contribution in [-0.2, 0) is 14.8 Å². The van der Waals surface area contributed by atoms with Gasteiger partial charge in [0.15, 0.2) is 0 Å². The van der Waals surface area contributed by atoms with E-state index in [1.807, 2.05) is 43.3 Å². The number of sulfonamides is 1. The van der Waals surface area contributed by atoms with Crippen LogP contribution >= 0.6 is 0 Å². The lowest BCUT2D eigenvalue weighted by Gasteiger charge is -2.29. The molecule has 1 N–H and O–H groups in total. The number of carbonyl (C=O) groups is 1. The Hall–Kier alpha value is -2.24. The first-order chi connectivity index (χ1) is 11.5. The number of aldehydes is 1. The second kappa shape index (κ2) is 6.71. The Kier molecular flexibility index (Phi) is 4.64. The predicted molar refractivity (Wildman–Crippen MR) is 93.9 cm³/mol. The Morgan fingerprint density at radius 3 is 2.50 bits per heavy atom. The van der Waals surface area contributed by atoms with Gasteiger partial charge in [0, 0.05) is 12.3 Å². The SMILES string of the molecule is Cc1ccc(S(=O)(=O)N[C@@H]2c3ccccc3C=C[C@H]2CC=O)cc1. The molecule has 1 aliphatic rings. The normalized spacial score (nSPS) is 19.7. The van der Waals surface area contributed by atoms with E-state index in [0.717, 1.165) is 23.0 Å².